The van der Waals surface area contributed by atoms with Crippen LogP contribution in [0.3, 0.4) is 0 Å². The standard InChI is InChI=1S/C21H20N6OS/c28-20(24-12-15-4-1-2-8-22-15)14-6-10-27(11-7-14)19-18-17(25-13-26-19)16-5-3-9-23-21(16)29-18/h1-5,8-9,13-14H,6-7,10-12H2,(H,24,28). The molecule has 0 atom stereocenters. The lowest BCUT2D eigenvalue weighted by Crippen LogP contribution is -2.40. The van der Waals surface area contributed by atoms with Crippen molar-refractivity contribution in [2.24, 2.45) is 5.92 Å². The van der Waals surface area contributed by atoms with Gasteiger partial charge in [0.25, 0.3) is 0 Å². The monoisotopic (exact) mass is 404 g/mol. The van der Waals surface area contributed by atoms with Gasteiger partial charge in [0.1, 0.15) is 17.0 Å². The largest absolute Gasteiger partial charge is 0.355 e. The molecule has 0 bridgehead atoms. The molecular weight excluding hydrogens is 384 g/mol. The second kappa shape index (κ2) is 7.71. The van der Waals surface area contributed by atoms with Crippen LogP contribution in [0, 0.1) is 5.92 Å². The van der Waals surface area contributed by atoms with Crippen LogP contribution in [0.15, 0.2) is 49.1 Å². The van der Waals surface area contributed by atoms with E-state index in [4.69, 9.17) is 0 Å². The van der Waals surface area contributed by atoms with Crippen molar-refractivity contribution in [2.45, 2.75) is 19.4 Å². The average molecular weight is 404 g/mol. The topological polar surface area (TPSA) is 83.9 Å². The van der Waals surface area contributed by atoms with Gasteiger partial charge in [-0.25, -0.2) is 15.0 Å². The van der Waals surface area contributed by atoms with Gasteiger partial charge < -0.3 is 10.2 Å². The minimum Gasteiger partial charge on any atom is -0.355 e. The molecule has 7 nitrogen and oxygen atoms in total. The zero-order valence-corrected chi connectivity index (χ0v) is 16.6. The van der Waals surface area contributed by atoms with Gasteiger partial charge >= 0.3 is 0 Å². The number of nitrogens with one attached hydrogen (secondary N) is 1. The summed E-state index contributed by atoms with van der Waals surface area (Å²) in [7, 11) is 0. The maximum atomic E-state index is 12.6. The Kier molecular flexibility index (Phi) is 4.77. The van der Waals surface area contributed by atoms with Crippen LogP contribution in [0.25, 0.3) is 20.4 Å². The number of aromatic nitrogens is 4. The number of nitrogens with zero attached hydrogens (tertiary/aromatic N) is 5. The minimum absolute atomic E-state index is 0.0244. The molecule has 5 rings (SSSR count). The van der Waals surface area contributed by atoms with E-state index in [9.17, 15) is 4.79 Å². The number of carbonyl (C=O) groups is 1. The average Bonchev–Trinajstić information content (AvgIpc) is 3.17. The summed E-state index contributed by atoms with van der Waals surface area (Å²) in [4.78, 5) is 33.6. The molecule has 0 radical (unpaired) electrons. The van der Waals surface area contributed by atoms with E-state index in [1.165, 1.54) is 0 Å². The molecule has 1 saturated heterocycles. The van der Waals surface area contributed by atoms with E-state index in [2.05, 4.69) is 36.2 Å². The zero-order chi connectivity index (χ0) is 19.6. The molecule has 29 heavy (non-hydrogen) atoms. The normalized spacial score (nSPS) is 15.1. The maximum absolute atomic E-state index is 12.6. The number of pyridine rings is 2. The van der Waals surface area contributed by atoms with Crippen LogP contribution in [0.2, 0.25) is 0 Å². The number of anilines is 1. The van der Waals surface area contributed by atoms with Crippen molar-refractivity contribution in [2.75, 3.05) is 18.0 Å². The third-order valence-corrected chi connectivity index (χ3v) is 6.44. The van der Waals surface area contributed by atoms with Gasteiger partial charge in [0, 0.05) is 36.8 Å². The Hall–Kier alpha value is -3.13. The molecule has 4 aromatic heterocycles. The Morgan fingerprint density at radius 2 is 1.93 bits per heavy atom. The lowest BCUT2D eigenvalue weighted by molar-refractivity contribution is -0.125. The van der Waals surface area contributed by atoms with Gasteiger partial charge in [0.2, 0.25) is 5.91 Å². The number of thiophene rings is 1. The minimum atomic E-state index is 0.0244. The molecular formula is C21H20N6OS. The van der Waals surface area contributed by atoms with Crippen molar-refractivity contribution in [3.05, 3.63) is 54.7 Å². The van der Waals surface area contributed by atoms with Crippen LogP contribution in [-0.4, -0.2) is 38.9 Å². The maximum Gasteiger partial charge on any atom is 0.223 e. The molecule has 1 fully saturated rings. The lowest BCUT2D eigenvalue weighted by Gasteiger charge is -2.32. The van der Waals surface area contributed by atoms with Crippen molar-refractivity contribution in [3.8, 4) is 0 Å². The number of hydrogen-bond donors (Lipinski definition) is 1. The van der Waals surface area contributed by atoms with Crippen LogP contribution in [0.1, 0.15) is 18.5 Å². The number of carbonyl (C=O) groups excluding carboxylic acids is 1. The fourth-order valence-electron chi connectivity index (χ4n) is 3.80. The van der Waals surface area contributed by atoms with Crippen LogP contribution in [-0.2, 0) is 11.3 Å². The second-order valence-corrected chi connectivity index (χ2v) is 8.13. The van der Waals surface area contributed by atoms with E-state index in [1.54, 1.807) is 30.1 Å². The lowest BCUT2D eigenvalue weighted by atomic mass is 9.96. The summed E-state index contributed by atoms with van der Waals surface area (Å²) in [6.45, 7) is 2.08. The van der Waals surface area contributed by atoms with E-state index in [0.717, 1.165) is 57.9 Å². The number of amides is 1. The van der Waals surface area contributed by atoms with Crippen LogP contribution in [0.5, 0.6) is 0 Å². The molecule has 4 aromatic rings. The highest BCUT2D eigenvalue weighted by molar-refractivity contribution is 7.25. The van der Waals surface area contributed by atoms with Gasteiger partial charge in [0.05, 0.1) is 22.5 Å². The Morgan fingerprint density at radius 3 is 2.76 bits per heavy atom. The van der Waals surface area contributed by atoms with Gasteiger partial charge in [0.15, 0.2) is 0 Å². The predicted molar refractivity (Wildman–Crippen MR) is 114 cm³/mol. The first-order valence-corrected chi connectivity index (χ1v) is 10.5. The number of piperidine rings is 1. The fraction of sp³-hybridized carbons (Fsp3) is 0.286. The molecule has 146 valence electrons. The molecule has 0 aromatic carbocycles. The zero-order valence-electron chi connectivity index (χ0n) is 15.8. The highest BCUT2D eigenvalue weighted by Gasteiger charge is 2.27. The smallest absolute Gasteiger partial charge is 0.223 e. The highest BCUT2D eigenvalue weighted by Crippen LogP contribution is 2.37. The first-order chi connectivity index (χ1) is 14.3. The summed E-state index contributed by atoms with van der Waals surface area (Å²) in [5.41, 5.74) is 1.83. The van der Waals surface area contributed by atoms with Gasteiger partial charge in [-0.05, 0) is 37.1 Å². The number of hydrogen-bond acceptors (Lipinski definition) is 7. The van der Waals surface area contributed by atoms with Crippen LogP contribution >= 0.6 is 11.3 Å². The predicted octanol–water partition coefficient (Wildman–Crippen LogP) is 3.17. The summed E-state index contributed by atoms with van der Waals surface area (Å²) >= 11 is 1.63. The Labute approximate surface area is 171 Å². The molecule has 5 heterocycles. The Morgan fingerprint density at radius 1 is 1.07 bits per heavy atom. The highest BCUT2D eigenvalue weighted by atomic mass is 32.1. The quantitative estimate of drug-likeness (QED) is 0.562. The van der Waals surface area contributed by atoms with Gasteiger partial charge in [-0.2, -0.15) is 0 Å². The van der Waals surface area contributed by atoms with Crippen molar-refractivity contribution >= 4 is 43.5 Å². The molecule has 0 spiro atoms. The fourth-order valence-corrected chi connectivity index (χ4v) is 4.92. The van der Waals surface area contributed by atoms with Crippen molar-refractivity contribution in [3.63, 3.8) is 0 Å². The van der Waals surface area contributed by atoms with Crippen molar-refractivity contribution < 1.29 is 4.79 Å². The Bertz CT molecular complexity index is 1150. The molecule has 1 aliphatic rings. The molecule has 0 aliphatic carbocycles. The molecule has 1 N–H and O–H groups in total. The van der Waals surface area contributed by atoms with E-state index in [-0.39, 0.29) is 11.8 Å². The van der Waals surface area contributed by atoms with E-state index < -0.39 is 0 Å². The van der Waals surface area contributed by atoms with E-state index in [0.29, 0.717) is 6.54 Å². The van der Waals surface area contributed by atoms with E-state index >= 15 is 0 Å². The second-order valence-electron chi connectivity index (χ2n) is 7.13. The number of rotatable bonds is 4. The number of fused-ring (bicyclic) bond motifs is 3. The Balaban J connectivity index is 1.28. The summed E-state index contributed by atoms with van der Waals surface area (Å²) in [6, 6.07) is 9.71. The van der Waals surface area contributed by atoms with Gasteiger partial charge in [-0.3, -0.25) is 9.78 Å². The van der Waals surface area contributed by atoms with Crippen molar-refractivity contribution in [1.82, 2.24) is 25.3 Å². The van der Waals surface area contributed by atoms with Crippen LogP contribution < -0.4 is 10.2 Å². The van der Waals surface area contributed by atoms with Gasteiger partial charge in [-0.1, -0.05) is 6.07 Å². The molecule has 1 amide bonds. The van der Waals surface area contributed by atoms with Crippen molar-refractivity contribution in [1.29, 1.82) is 0 Å². The molecule has 8 heteroatoms. The van der Waals surface area contributed by atoms with Crippen LogP contribution in [0.4, 0.5) is 5.82 Å². The van der Waals surface area contributed by atoms with E-state index in [1.807, 2.05) is 24.3 Å². The third-order valence-electron chi connectivity index (χ3n) is 5.35. The summed E-state index contributed by atoms with van der Waals surface area (Å²) in [5, 5.41) is 4.09. The molecule has 0 unspecified atom stereocenters. The van der Waals surface area contributed by atoms with Gasteiger partial charge in [-0.15, -0.1) is 11.3 Å². The molecule has 1 aliphatic heterocycles. The molecule has 0 saturated carbocycles. The first-order valence-electron chi connectivity index (χ1n) is 9.70. The third kappa shape index (κ3) is 3.51. The first kappa shape index (κ1) is 17.9. The summed E-state index contributed by atoms with van der Waals surface area (Å²) in [6.07, 6.45) is 6.79. The SMILES string of the molecule is O=C(NCc1ccccn1)C1CCN(c2ncnc3c2sc2ncccc23)CC1. The summed E-state index contributed by atoms with van der Waals surface area (Å²) in [5.74, 6) is 1.08. The summed E-state index contributed by atoms with van der Waals surface area (Å²) < 4.78 is 1.07.